The minimum atomic E-state index is -0.379. The van der Waals surface area contributed by atoms with E-state index < -0.39 is 0 Å². The van der Waals surface area contributed by atoms with Gasteiger partial charge in [-0.15, -0.1) is 11.3 Å². The van der Waals surface area contributed by atoms with Crippen LogP contribution in [0.15, 0.2) is 17.8 Å². The molecule has 2 aromatic heterocycles. The van der Waals surface area contributed by atoms with Gasteiger partial charge in [-0.1, -0.05) is 0 Å². The smallest absolute Gasteiger partial charge is 0.193 e. The van der Waals surface area contributed by atoms with Gasteiger partial charge in [0.1, 0.15) is 0 Å². The molecule has 1 aliphatic rings. The Balaban J connectivity index is 1.72. The van der Waals surface area contributed by atoms with E-state index in [0.717, 1.165) is 23.7 Å². The van der Waals surface area contributed by atoms with Crippen LogP contribution in [0.1, 0.15) is 32.4 Å². The molecule has 4 nitrogen and oxygen atoms in total. The van der Waals surface area contributed by atoms with Crippen LogP contribution in [0.2, 0.25) is 0 Å². The zero-order chi connectivity index (χ0) is 13.5. The van der Waals surface area contributed by atoms with Crippen molar-refractivity contribution in [3.05, 3.63) is 23.5 Å². The van der Waals surface area contributed by atoms with Gasteiger partial charge in [0.2, 0.25) is 0 Å². The van der Waals surface area contributed by atoms with Gasteiger partial charge < -0.3 is 5.11 Å². The number of hydrogen-bond donors (Lipinski definition) is 1. The quantitative estimate of drug-likeness (QED) is 0.932. The Hall–Kier alpha value is -0.910. The van der Waals surface area contributed by atoms with E-state index in [4.69, 9.17) is 0 Å². The Kier molecular flexibility index (Phi) is 3.37. The molecule has 0 bridgehead atoms. The first kappa shape index (κ1) is 13.1. The third kappa shape index (κ3) is 2.42. The first-order valence-electron chi connectivity index (χ1n) is 6.91. The number of rotatable bonds is 4. The zero-order valence-corrected chi connectivity index (χ0v) is 12.4. The molecule has 5 heteroatoms. The van der Waals surface area contributed by atoms with E-state index in [0.29, 0.717) is 6.42 Å². The molecule has 1 aliphatic heterocycles. The summed E-state index contributed by atoms with van der Waals surface area (Å²) in [5.41, 5.74) is 0.805. The summed E-state index contributed by atoms with van der Waals surface area (Å²) in [6.45, 7) is 6.48. The molecule has 1 N–H and O–H groups in total. The maximum atomic E-state index is 10.6. The lowest BCUT2D eigenvalue weighted by Gasteiger charge is -2.39. The van der Waals surface area contributed by atoms with Crippen LogP contribution in [0.5, 0.6) is 0 Å². The van der Waals surface area contributed by atoms with Gasteiger partial charge in [-0.05, 0) is 39.8 Å². The highest BCUT2D eigenvalue weighted by Gasteiger charge is 2.36. The van der Waals surface area contributed by atoms with Crippen molar-refractivity contribution in [2.75, 3.05) is 13.1 Å². The molecule has 0 spiro atoms. The van der Waals surface area contributed by atoms with E-state index in [2.05, 4.69) is 23.7 Å². The normalized spacial score (nSPS) is 19.3. The summed E-state index contributed by atoms with van der Waals surface area (Å²) in [6.07, 6.45) is 6.77. The van der Waals surface area contributed by atoms with Gasteiger partial charge >= 0.3 is 0 Å². The second-order valence-corrected chi connectivity index (χ2v) is 6.77. The molecule has 3 rings (SSSR count). The van der Waals surface area contributed by atoms with Crippen molar-refractivity contribution in [1.29, 1.82) is 0 Å². The van der Waals surface area contributed by atoms with Crippen molar-refractivity contribution in [1.82, 2.24) is 14.3 Å². The van der Waals surface area contributed by atoms with Gasteiger partial charge in [0, 0.05) is 29.7 Å². The van der Waals surface area contributed by atoms with E-state index in [9.17, 15) is 5.11 Å². The van der Waals surface area contributed by atoms with Crippen LogP contribution < -0.4 is 0 Å². The van der Waals surface area contributed by atoms with E-state index >= 15 is 0 Å². The molecule has 104 valence electrons. The average Bonchev–Trinajstić information content (AvgIpc) is 3.04. The van der Waals surface area contributed by atoms with Gasteiger partial charge in [0.15, 0.2) is 4.96 Å². The maximum Gasteiger partial charge on any atom is 0.193 e. The molecule has 19 heavy (non-hydrogen) atoms. The number of thiazole rings is 1. The van der Waals surface area contributed by atoms with Gasteiger partial charge in [0.25, 0.3) is 0 Å². The number of aromatic nitrogens is 2. The van der Waals surface area contributed by atoms with Crippen LogP contribution in [0.3, 0.4) is 0 Å². The molecule has 0 amide bonds. The molecular weight excluding hydrogens is 258 g/mol. The number of aliphatic hydroxyl groups is 1. The summed E-state index contributed by atoms with van der Waals surface area (Å²) in [4.78, 5) is 7.96. The molecule has 2 aromatic rings. The number of aliphatic hydroxyl groups excluding tert-OH is 1. The topological polar surface area (TPSA) is 40.8 Å². The van der Waals surface area contributed by atoms with Crippen LogP contribution in [0.25, 0.3) is 4.96 Å². The molecule has 0 saturated carbocycles. The summed E-state index contributed by atoms with van der Waals surface area (Å²) in [6, 6.07) is 0. The monoisotopic (exact) mass is 279 g/mol. The van der Waals surface area contributed by atoms with Crippen molar-refractivity contribution in [2.45, 2.75) is 44.8 Å². The fourth-order valence-corrected chi connectivity index (χ4v) is 3.55. The van der Waals surface area contributed by atoms with E-state index in [1.54, 1.807) is 11.3 Å². The van der Waals surface area contributed by atoms with E-state index in [-0.39, 0.29) is 11.6 Å². The Morgan fingerprint density at radius 1 is 1.42 bits per heavy atom. The molecule has 0 aliphatic carbocycles. The SMILES string of the molecule is CC(C)(C(O)Cc1cn2ccsc2n1)N1CCCC1. The minimum absolute atomic E-state index is 0.173. The lowest BCUT2D eigenvalue weighted by molar-refractivity contribution is 0.00291. The summed E-state index contributed by atoms with van der Waals surface area (Å²) >= 11 is 1.63. The molecular formula is C14H21N3OS. The third-order valence-electron chi connectivity index (χ3n) is 4.28. The Bertz CT molecular complexity index is 525. The number of imidazole rings is 1. The van der Waals surface area contributed by atoms with Crippen LogP contribution in [-0.2, 0) is 6.42 Å². The average molecular weight is 279 g/mol. The predicted octanol–water partition coefficient (Wildman–Crippen LogP) is 2.17. The molecule has 0 aromatic carbocycles. The maximum absolute atomic E-state index is 10.6. The first-order chi connectivity index (χ1) is 9.07. The van der Waals surface area contributed by atoms with Crippen molar-refractivity contribution in [3.63, 3.8) is 0 Å². The van der Waals surface area contributed by atoms with Gasteiger partial charge in [-0.3, -0.25) is 9.30 Å². The highest BCUT2D eigenvalue weighted by molar-refractivity contribution is 7.15. The Morgan fingerprint density at radius 3 is 2.84 bits per heavy atom. The number of fused-ring (bicyclic) bond motifs is 1. The van der Waals surface area contributed by atoms with E-state index in [1.165, 1.54) is 12.8 Å². The first-order valence-corrected chi connectivity index (χ1v) is 7.79. The van der Waals surface area contributed by atoms with Crippen LogP contribution in [-0.4, -0.2) is 44.1 Å². The summed E-state index contributed by atoms with van der Waals surface area (Å²) in [5, 5.41) is 12.6. The van der Waals surface area contributed by atoms with Gasteiger partial charge in [-0.2, -0.15) is 0 Å². The predicted molar refractivity (Wildman–Crippen MR) is 77.7 cm³/mol. The van der Waals surface area contributed by atoms with Crippen molar-refractivity contribution < 1.29 is 5.11 Å². The summed E-state index contributed by atoms with van der Waals surface area (Å²) in [7, 11) is 0. The van der Waals surface area contributed by atoms with Crippen LogP contribution in [0, 0.1) is 0 Å². The minimum Gasteiger partial charge on any atom is -0.391 e. The molecule has 1 atom stereocenters. The number of likely N-dealkylation sites (tertiary alicyclic amines) is 1. The number of hydrogen-bond acceptors (Lipinski definition) is 4. The molecule has 3 heterocycles. The van der Waals surface area contributed by atoms with Crippen LogP contribution in [0.4, 0.5) is 0 Å². The fourth-order valence-electron chi connectivity index (χ4n) is 2.83. The lowest BCUT2D eigenvalue weighted by Crippen LogP contribution is -2.51. The van der Waals surface area contributed by atoms with Crippen molar-refractivity contribution in [3.8, 4) is 0 Å². The standard InChI is InChI=1S/C14H21N3OS/c1-14(2,17-5-3-4-6-17)12(18)9-11-10-16-7-8-19-13(16)15-11/h7-8,10,12,18H,3-6,9H2,1-2H3. The zero-order valence-electron chi connectivity index (χ0n) is 11.5. The highest BCUT2D eigenvalue weighted by Crippen LogP contribution is 2.26. The Morgan fingerprint density at radius 2 is 2.16 bits per heavy atom. The van der Waals surface area contributed by atoms with Gasteiger partial charge in [-0.25, -0.2) is 4.98 Å². The highest BCUT2D eigenvalue weighted by atomic mass is 32.1. The number of nitrogens with zero attached hydrogens (tertiary/aromatic N) is 3. The van der Waals surface area contributed by atoms with Crippen LogP contribution >= 0.6 is 11.3 Å². The van der Waals surface area contributed by atoms with Crippen molar-refractivity contribution in [2.24, 2.45) is 0 Å². The van der Waals surface area contributed by atoms with Gasteiger partial charge in [0.05, 0.1) is 11.8 Å². The lowest BCUT2D eigenvalue weighted by atomic mass is 9.92. The fraction of sp³-hybridized carbons (Fsp3) is 0.643. The second-order valence-electron chi connectivity index (χ2n) is 5.89. The largest absolute Gasteiger partial charge is 0.391 e. The third-order valence-corrected chi connectivity index (χ3v) is 5.05. The Labute approximate surface area is 117 Å². The second kappa shape index (κ2) is 4.89. The molecule has 0 radical (unpaired) electrons. The molecule has 1 unspecified atom stereocenters. The van der Waals surface area contributed by atoms with Crippen molar-refractivity contribution >= 4 is 16.3 Å². The van der Waals surface area contributed by atoms with E-state index in [1.807, 2.05) is 22.2 Å². The summed E-state index contributed by atoms with van der Waals surface area (Å²) in [5.74, 6) is 0. The molecule has 1 saturated heterocycles. The molecule has 1 fully saturated rings. The summed E-state index contributed by atoms with van der Waals surface area (Å²) < 4.78 is 2.02.